The lowest BCUT2D eigenvalue weighted by molar-refractivity contribution is 0.354. The highest BCUT2D eigenvalue weighted by atomic mass is 32.1. The van der Waals surface area contributed by atoms with Crippen molar-refractivity contribution in [3.05, 3.63) is 39.3 Å². The third-order valence-corrected chi connectivity index (χ3v) is 5.86. The Morgan fingerprint density at radius 2 is 2.04 bits per heavy atom. The van der Waals surface area contributed by atoms with Crippen molar-refractivity contribution >= 4 is 17.3 Å². The molecule has 6 nitrogen and oxygen atoms in total. The van der Waals surface area contributed by atoms with Crippen molar-refractivity contribution < 1.29 is 9.47 Å². The minimum absolute atomic E-state index is 0.461. The third kappa shape index (κ3) is 5.35. The molecule has 7 heteroatoms. The average molecular weight is 389 g/mol. The number of aliphatic imine (C=N–C) groups is 1. The minimum Gasteiger partial charge on any atom is -0.493 e. The number of thiazole rings is 1. The van der Waals surface area contributed by atoms with Crippen LogP contribution in [0, 0.1) is 0 Å². The van der Waals surface area contributed by atoms with Crippen LogP contribution in [-0.2, 0) is 25.8 Å². The highest BCUT2D eigenvalue weighted by Crippen LogP contribution is 2.28. The molecule has 0 spiro atoms. The summed E-state index contributed by atoms with van der Waals surface area (Å²) in [6.07, 6.45) is 6.95. The fourth-order valence-electron chi connectivity index (χ4n) is 3.18. The van der Waals surface area contributed by atoms with Crippen molar-refractivity contribution in [2.45, 2.75) is 45.1 Å². The van der Waals surface area contributed by atoms with Gasteiger partial charge in [-0.1, -0.05) is 6.07 Å². The van der Waals surface area contributed by atoms with Crippen molar-refractivity contribution in [2.24, 2.45) is 10.7 Å². The van der Waals surface area contributed by atoms with Crippen LogP contribution in [0.25, 0.3) is 0 Å². The third-order valence-electron chi connectivity index (χ3n) is 4.64. The van der Waals surface area contributed by atoms with Crippen LogP contribution in [0.2, 0.25) is 0 Å². The second-order valence-corrected chi connectivity index (χ2v) is 7.77. The van der Waals surface area contributed by atoms with Gasteiger partial charge in [-0.05, 0) is 49.8 Å². The molecule has 0 fully saturated rings. The molecule has 0 radical (unpaired) electrons. The Hall–Kier alpha value is -2.28. The van der Waals surface area contributed by atoms with Crippen LogP contribution in [0.1, 0.15) is 40.4 Å². The van der Waals surface area contributed by atoms with E-state index >= 15 is 0 Å². The van der Waals surface area contributed by atoms with Crippen LogP contribution < -0.4 is 20.5 Å². The maximum absolute atomic E-state index is 5.98. The fraction of sp³-hybridized carbons (Fsp3) is 0.500. The van der Waals surface area contributed by atoms with Crippen LogP contribution in [-0.4, -0.2) is 31.7 Å². The number of hydrogen-bond donors (Lipinski definition) is 2. The number of rotatable bonds is 8. The van der Waals surface area contributed by atoms with E-state index < -0.39 is 0 Å². The van der Waals surface area contributed by atoms with Gasteiger partial charge in [0, 0.05) is 17.8 Å². The van der Waals surface area contributed by atoms with Gasteiger partial charge in [-0.3, -0.25) is 0 Å². The summed E-state index contributed by atoms with van der Waals surface area (Å²) in [5, 5.41) is 4.44. The lowest BCUT2D eigenvalue weighted by Gasteiger charge is -2.09. The molecule has 1 aliphatic rings. The standard InChI is InChI=1S/C20H28N4O2S/c1-25-16-10-9-14(12-17(16)26-2)13-23-20(21)22-11-5-8-19-24-15-6-3-4-7-18(15)27-19/h9-10,12H,3-8,11,13H2,1-2H3,(H3,21,22,23). The Bertz CT molecular complexity index is 765. The zero-order valence-corrected chi connectivity index (χ0v) is 16.9. The van der Waals surface area contributed by atoms with E-state index in [1.165, 1.54) is 34.8 Å². The molecule has 1 aromatic carbocycles. The number of aromatic nitrogens is 1. The molecule has 1 heterocycles. The summed E-state index contributed by atoms with van der Waals surface area (Å²) in [4.78, 5) is 10.7. The highest BCUT2D eigenvalue weighted by molar-refractivity contribution is 7.11. The Morgan fingerprint density at radius 3 is 2.81 bits per heavy atom. The van der Waals surface area contributed by atoms with Crippen LogP contribution >= 0.6 is 11.3 Å². The van der Waals surface area contributed by atoms with Crippen LogP contribution in [0.3, 0.4) is 0 Å². The van der Waals surface area contributed by atoms with Gasteiger partial charge in [-0.15, -0.1) is 11.3 Å². The van der Waals surface area contributed by atoms with Gasteiger partial charge < -0.3 is 20.5 Å². The molecular formula is C20H28N4O2S. The fourth-order valence-corrected chi connectivity index (χ4v) is 4.38. The molecule has 2 aromatic rings. The zero-order valence-electron chi connectivity index (χ0n) is 16.1. The number of guanidine groups is 1. The summed E-state index contributed by atoms with van der Waals surface area (Å²) in [5.41, 5.74) is 8.33. The number of hydrogen-bond acceptors (Lipinski definition) is 5. The molecule has 0 saturated heterocycles. The molecule has 1 aromatic heterocycles. The molecule has 0 amide bonds. The second kappa shape index (κ2) is 9.60. The summed E-state index contributed by atoms with van der Waals surface area (Å²) in [6, 6.07) is 5.75. The van der Waals surface area contributed by atoms with Gasteiger partial charge in [-0.2, -0.15) is 0 Å². The SMILES string of the molecule is COc1ccc(CN=C(N)NCCCc2nc3c(s2)CCCC3)cc1OC. The van der Waals surface area contributed by atoms with Gasteiger partial charge in [0.2, 0.25) is 0 Å². The molecule has 0 atom stereocenters. The number of aryl methyl sites for hydroxylation is 3. The first-order valence-electron chi connectivity index (χ1n) is 9.41. The van der Waals surface area contributed by atoms with Gasteiger partial charge in [0.1, 0.15) is 0 Å². The van der Waals surface area contributed by atoms with Crippen LogP contribution in [0.4, 0.5) is 0 Å². The minimum atomic E-state index is 0.461. The molecule has 1 aliphatic carbocycles. The first-order valence-corrected chi connectivity index (χ1v) is 10.2. The number of ether oxygens (including phenoxy) is 2. The molecule has 0 aliphatic heterocycles. The Kier molecular flexibility index (Phi) is 6.92. The zero-order chi connectivity index (χ0) is 19.1. The largest absolute Gasteiger partial charge is 0.493 e. The van der Waals surface area contributed by atoms with Crippen molar-refractivity contribution in [3.8, 4) is 11.5 Å². The number of nitrogens with two attached hydrogens (primary N) is 1. The molecule has 0 saturated carbocycles. The molecule has 0 unspecified atom stereocenters. The molecule has 0 bridgehead atoms. The van der Waals surface area contributed by atoms with Gasteiger partial charge >= 0.3 is 0 Å². The summed E-state index contributed by atoms with van der Waals surface area (Å²) in [6.45, 7) is 1.30. The number of nitrogens with zero attached hydrogens (tertiary/aromatic N) is 2. The van der Waals surface area contributed by atoms with E-state index in [1.807, 2.05) is 29.5 Å². The van der Waals surface area contributed by atoms with E-state index in [9.17, 15) is 0 Å². The van der Waals surface area contributed by atoms with Gasteiger partial charge in [0.25, 0.3) is 0 Å². The Labute approximate surface area is 164 Å². The maximum atomic E-state index is 5.98. The smallest absolute Gasteiger partial charge is 0.188 e. The molecule has 27 heavy (non-hydrogen) atoms. The van der Waals surface area contributed by atoms with Crippen molar-refractivity contribution in [1.82, 2.24) is 10.3 Å². The van der Waals surface area contributed by atoms with E-state index in [-0.39, 0.29) is 0 Å². The summed E-state index contributed by atoms with van der Waals surface area (Å²) in [5.74, 6) is 1.87. The average Bonchev–Trinajstić information content (AvgIpc) is 3.12. The van der Waals surface area contributed by atoms with Crippen molar-refractivity contribution in [2.75, 3.05) is 20.8 Å². The first-order chi connectivity index (χ1) is 13.2. The first kappa shape index (κ1) is 19.5. The molecular weight excluding hydrogens is 360 g/mol. The van der Waals surface area contributed by atoms with E-state index in [4.69, 9.17) is 20.2 Å². The van der Waals surface area contributed by atoms with E-state index in [0.29, 0.717) is 24.0 Å². The summed E-state index contributed by atoms with van der Waals surface area (Å²) in [7, 11) is 3.25. The lowest BCUT2D eigenvalue weighted by Crippen LogP contribution is -2.32. The van der Waals surface area contributed by atoms with Gasteiger partial charge in [-0.25, -0.2) is 9.98 Å². The van der Waals surface area contributed by atoms with Crippen molar-refractivity contribution in [3.63, 3.8) is 0 Å². The van der Waals surface area contributed by atoms with Crippen LogP contribution in [0.15, 0.2) is 23.2 Å². The summed E-state index contributed by atoms with van der Waals surface area (Å²) >= 11 is 1.89. The number of methoxy groups -OCH3 is 2. The number of nitrogens with one attached hydrogen (secondary N) is 1. The Balaban J connectivity index is 1.42. The topological polar surface area (TPSA) is 81.8 Å². The molecule has 3 N–H and O–H groups in total. The summed E-state index contributed by atoms with van der Waals surface area (Å²) < 4.78 is 10.6. The van der Waals surface area contributed by atoms with E-state index in [1.54, 1.807) is 14.2 Å². The quantitative estimate of drug-likeness (QED) is 0.413. The highest BCUT2D eigenvalue weighted by Gasteiger charge is 2.14. The lowest BCUT2D eigenvalue weighted by atomic mass is 10.0. The molecule has 146 valence electrons. The van der Waals surface area contributed by atoms with E-state index in [2.05, 4.69) is 10.3 Å². The monoisotopic (exact) mass is 388 g/mol. The molecule has 3 rings (SSSR count). The normalized spacial score (nSPS) is 13.9. The maximum Gasteiger partial charge on any atom is 0.188 e. The predicted molar refractivity (Wildman–Crippen MR) is 110 cm³/mol. The van der Waals surface area contributed by atoms with Crippen LogP contribution in [0.5, 0.6) is 11.5 Å². The van der Waals surface area contributed by atoms with Gasteiger partial charge in [0.15, 0.2) is 17.5 Å². The van der Waals surface area contributed by atoms with E-state index in [0.717, 1.165) is 31.4 Å². The second-order valence-electron chi connectivity index (χ2n) is 6.61. The van der Waals surface area contributed by atoms with Gasteiger partial charge in [0.05, 0.1) is 31.5 Å². The Morgan fingerprint density at radius 1 is 1.22 bits per heavy atom. The predicted octanol–water partition coefficient (Wildman–Crippen LogP) is 3.08. The number of benzene rings is 1. The van der Waals surface area contributed by atoms with Crippen molar-refractivity contribution in [1.29, 1.82) is 0 Å². The number of fused-ring (bicyclic) bond motifs is 1.